The molecular weight excluding hydrogens is 290 g/mol. The first-order valence-corrected chi connectivity index (χ1v) is 7.73. The number of halogens is 1. The molecule has 0 heterocycles. The molecule has 2 atom stereocenters. The van der Waals surface area contributed by atoms with Gasteiger partial charge in [-0.1, -0.05) is 42.1 Å². The molecule has 0 radical (unpaired) electrons. The lowest BCUT2D eigenvalue weighted by molar-refractivity contribution is 0.144. The summed E-state index contributed by atoms with van der Waals surface area (Å²) in [6, 6.07) is 6.54. The Balaban J connectivity index is 2.12. The third kappa shape index (κ3) is 3.48. The van der Waals surface area contributed by atoms with Crippen molar-refractivity contribution in [3.63, 3.8) is 0 Å². The number of rotatable bonds is 3. The van der Waals surface area contributed by atoms with Gasteiger partial charge >= 0.3 is 0 Å². The molecule has 1 saturated carbocycles. The molecule has 2 rings (SSSR count). The molecule has 1 aromatic carbocycles. The van der Waals surface area contributed by atoms with Gasteiger partial charge in [-0.3, -0.25) is 0 Å². The van der Waals surface area contributed by atoms with Crippen molar-refractivity contribution in [2.75, 3.05) is 5.32 Å². The van der Waals surface area contributed by atoms with Crippen molar-refractivity contribution in [3.8, 4) is 0 Å². The summed E-state index contributed by atoms with van der Waals surface area (Å²) in [5, 5.41) is 13.7. The SMILES string of the molecule is CCc1cc(Br)ccc1NC1CCCCCC1O. The van der Waals surface area contributed by atoms with Crippen LogP contribution in [0.15, 0.2) is 22.7 Å². The number of nitrogens with one attached hydrogen (secondary N) is 1. The molecule has 0 amide bonds. The second-order valence-corrected chi connectivity index (χ2v) is 6.03. The Bertz CT molecular complexity index is 394. The number of hydrogen-bond acceptors (Lipinski definition) is 2. The van der Waals surface area contributed by atoms with E-state index in [-0.39, 0.29) is 12.1 Å². The first kappa shape index (κ1) is 13.9. The van der Waals surface area contributed by atoms with Gasteiger partial charge in [0.25, 0.3) is 0 Å². The zero-order chi connectivity index (χ0) is 13.0. The molecule has 100 valence electrons. The number of hydrogen-bond donors (Lipinski definition) is 2. The molecule has 3 heteroatoms. The summed E-state index contributed by atoms with van der Waals surface area (Å²) in [6.45, 7) is 2.16. The standard InChI is InChI=1S/C15H22BrNO/c1-2-11-10-12(16)8-9-13(11)17-14-6-4-3-5-7-15(14)18/h8-10,14-15,17-18H,2-7H2,1H3. The van der Waals surface area contributed by atoms with Crippen LogP contribution in [-0.2, 0) is 6.42 Å². The van der Waals surface area contributed by atoms with Gasteiger partial charge in [0.05, 0.1) is 12.1 Å². The van der Waals surface area contributed by atoms with E-state index in [1.165, 1.54) is 24.1 Å². The number of aliphatic hydroxyl groups is 1. The van der Waals surface area contributed by atoms with Crippen molar-refractivity contribution >= 4 is 21.6 Å². The van der Waals surface area contributed by atoms with E-state index >= 15 is 0 Å². The van der Waals surface area contributed by atoms with Crippen molar-refractivity contribution in [1.29, 1.82) is 0 Å². The Kier molecular flexibility index (Phi) is 5.07. The van der Waals surface area contributed by atoms with Crippen LogP contribution in [0.5, 0.6) is 0 Å². The normalized spacial score (nSPS) is 24.6. The van der Waals surface area contributed by atoms with Gasteiger partial charge in [-0.25, -0.2) is 0 Å². The highest BCUT2D eigenvalue weighted by molar-refractivity contribution is 9.10. The molecule has 0 bridgehead atoms. The van der Waals surface area contributed by atoms with Crippen LogP contribution in [0.4, 0.5) is 5.69 Å². The lowest BCUT2D eigenvalue weighted by Crippen LogP contribution is -2.32. The molecule has 18 heavy (non-hydrogen) atoms. The fraction of sp³-hybridized carbons (Fsp3) is 0.600. The van der Waals surface area contributed by atoms with E-state index in [4.69, 9.17) is 0 Å². The second-order valence-electron chi connectivity index (χ2n) is 5.11. The molecule has 1 aliphatic carbocycles. The highest BCUT2D eigenvalue weighted by atomic mass is 79.9. The summed E-state index contributed by atoms with van der Waals surface area (Å²) >= 11 is 3.51. The molecule has 0 saturated heterocycles. The highest BCUT2D eigenvalue weighted by Crippen LogP contribution is 2.26. The van der Waals surface area contributed by atoms with E-state index in [9.17, 15) is 5.11 Å². The minimum Gasteiger partial charge on any atom is -0.391 e. The molecule has 0 aromatic heterocycles. The van der Waals surface area contributed by atoms with Crippen LogP contribution < -0.4 is 5.32 Å². The Morgan fingerprint density at radius 3 is 2.83 bits per heavy atom. The fourth-order valence-corrected chi connectivity index (χ4v) is 3.06. The third-order valence-electron chi connectivity index (χ3n) is 3.77. The zero-order valence-corrected chi connectivity index (χ0v) is 12.5. The molecule has 2 unspecified atom stereocenters. The average Bonchev–Trinajstić information content (AvgIpc) is 2.57. The summed E-state index contributed by atoms with van der Waals surface area (Å²) < 4.78 is 1.12. The predicted molar refractivity (Wildman–Crippen MR) is 80.0 cm³/mol. The summed E-state index contributed by atoms with van der Waals surface area (Å²) in [5.41, 5.74) is 2.48. The van der Waals surface area contributed by atoms with Crippen molar-refractivity contribution in [2.45, 2.75) is 57.6 Å². The molecule has 2 N–H and O–H groups in total. The topological polar surface area (TPSA) is 32.3 Å². The van der Waals surface area contributed by atoms with Gasteiger partial charge in [0.2, 0.25) is 0 Å². The van der Waals surface area contributed by atoms with Crippen LogP contribution in [0.1, 0.15) is 44.6 Å². The maximum atomic E-state index is 10.2. The first-order chi connectivity index (χ1) is 8.70. The minimum absolute atomic E-state index is 0.207. The van der Waals surface area contributed by atoms with E-state index in [1.807, 2.05) is 0 Å². The predicted octanol–water partition coefficient (Wildman–Crippen LogP) is 4.12. The van der Waals surface area contributed by atoms with Crippen molar-refractivity contribution in [2.24, 2.45) is 0 Å². The smallest absolute Gasteiger partial charge is 0.0741 e. The third-order valence-corrected chi connectivity index (χ3v) is 4.26. The highest BCUT2D eigenvalue weighted by Gasteiger charge is 2.21. The largest absolute Gasteiger partial charge is 0.391 e. The molecule has 0 aliphatic heterocycles. The Morgan fingerprint density at radius 1 is 1.28 bits per heavy atom. The van der Waals surface area contributed by atoms with Crippen LogP contribution in [-0.4, -0.2) is 17.3 Å². The summed E-state index contributed by atoms with van der Waals surface area (Å²) in [4.78, 5) is 0. The van der Waals surface area contributed by atoms with E-state index in [1.54, 1.807) is 0 Å². The lowest BCUT2D eigenvalue weighted by atomic mass is 10.0. The summed E-state index contributed by atoms with van der Waals surface area (Å²) in [7, 11) is 0. The molecule has 1 aliphatic rings. The number of anilines is 1. The van der Waals surface area contributed by atoms with Crippen molar-refractivity contribution < 1.29 is 5.11 Å². The summed E-state index contributed by atoms with van der Waals surface area (Å²) in [5.74, 6) is 0. The first-order valence-electron chi connectivity index (χ1n) is 6.93. The fourth-order valence-electron chi connectivity index (χ4n) is 2.65. The van der Waals surface area contributed by atoms with Crippen LogP contribution in [0.2, 0.25) is 0 Å². The summed E-state index contributed by atoms with van der Waals surface area (Å²) in [6.07, 6.45) is 6.41. The maximum Gasteiger partial charge on any atom is 0.0741 e. The Morgan fingerprint density at radius 2 is 2.06 bits per heavy atom. The molecule has 1 aromatic rings. The average molecular weight is 312 g/mol. The Labute approximate surface area is 118 Å². The molecule has 2 nitrogen and oxygen atoms in total. The maximum absolute atomic E-state index is 10.2. The molecular formula is C15H22BrNO. The van der Waals surface area contributed by atoms with Crippen LogP contribution >= 0.6 is 15.9 Å². The van der Waals surface area contributed by atoms with Gasteiger partial charge in [-0.05, 0) is 43.0 Å². The van der Waals surface area contributed by atoms with E-state index in [0.29, 0.717) is 0 Å². The van der Waals surface area contributed by atoms with Crippen LogP contribution in [0.3, 0.4) is 0 Å². The molecule has 0 spiro atoms. The number of aliphatic hydroxyl groups excluding tert-OH is 1. The van der Waals surface area contributed by atoms with E-state index < -0.39 is 0 Å². The monoisotopic (exact) mass is 311 g/mol. The van der Waals surface area contributed by atoms with Gasteiger partial charge in [0.15, 0.2) is 0 Å². The van der Waals surface area contributed by atoms with Gasteiger partial charge < -0.3 is 10.4 Å². The van der Waals surface area contributed by atoms with E-state index in [2.05, 4.69) is 46.4 Å². The quantitative estimate of drug-likeness (QED) is 0.823. The number of aryl methyl sites for hydroxylation is 1. The van der Waals surface area contributed by atoms with Gasteiger partial charge in [-0.15, -0.1) is 0 Å². The van der Waals surface area contributed by atoms with Crippen LogP contribution in [0, 0.1) is 0 Å². The van der Waals surface area contributed by atoms with Gasteiger partial charge in [-0.2, -0.15) is 0 Å². The molecule has 1 fully saturated rings. The zero-order valence-electron chi connectivity index (χ0n) is 11.0. The second kappa shape index (κ2) is 6.58. The van der Waals surface area contributed by atoms with Crippen LogP contribution in [0.25, 0.3) is 0 Å². The van der Waals surface area contributed by atoms with E-state index in [0.717, 1.165) is 30.2 Å². The van der Waals surface area contributed by atoms with Gasteiger partial charge in [0, 0.05) is 10.2 Å². The number of benzene rings is 1. The minimum atomic E-state index is -0.208. The van der Waals surface area contributed by atoms with Crippen molar-refractivity contribution in [1.82, 2.24) is 0 Å². The van der Waals surface area contributed by atoms with Crippen molar-refractivity contribution in [3.05, 3.63) is 28.2 Å². The van der Waals surface area contributed by atoms with Gasteiger partial charge in [0.1, 0.15) is 0 Å². The Hall–Kier alpha value is -0.540. The lowest BCUT2D eigenvalue weighted by Gasteiger charge is -2.24.